The Morgan fingerprint density at radius 1 is 0.861 bits per heavy atom. The summed E-state index contributed by atoms with van der Waals surface area (Å²) in [5.41, 5.74) is 5.16. The zero-order valence-corrected chi connectivity index (χ0v) is 21.4. The van der Waals surface area contributed by atoms with Crippen LogP contribution in [0, 0.1) is 0 Å². The molecule has 0 amide bonds. The Morgan fingerprint density at radius 3 is 2.44 bits per heavy atom. The Kier molecular flexibility index (Phi) is 7.25. The molecule has 2 aromatic heterocycles. The number of sulfonamides is 1. The van der Waals surface area contributed by atoms with Gasteiger partial charge in [-0.15, -0.1) is 0 Å². The Balaban J connectivity index is 1.28. The van der Waals surface area contributed by atoms with Gasteiger partial charge in [0.15, 0.2) is 5.76 Å². The predicted molar refractivity (Wildman–Crippen MR) is 147 cm³/mol. The maximum atomic E-state index is 12.8. The first-order valence-corrected chi connectivity index (χ1v) is 14.2. The van der Waals surface area contributed by atoms with Gasteiger partial charge in [0, 0.05) is 22.8 Å². The number of nitrogens with one attached hydrogen (secondary N) is 2. The van der Waals surface area contributed by atoms with Crippen LogP contribution in [0.5, 0.6) is 0 Å². The van der Waals surface area contributed by atoms with E-state index in [-0.39, 0.29) is 0 Å². The van der Waals surface area contributed by atoms with Gasteiger partial charge in [-0.25, -0.2) is 13.1 Å². The molecule has 0 aliphatic rings. The molecule has 0 bridgehead atoms. The maximum absolute atomic E-state index is 12.8. The Labute approximate surface area is 212 Å². The average Bonchev–Trinajstić information content (AvgIpc) is 3.49. The van der Waals surface area contributed by atoms with Gasteiger partial charge in [-0.2, -0.15) is 0 Å². The first-order chi connectivity index (χ1) is 17.5. The van der Waals surface area contributed by atoms with Crippen molar-refractivity contribution in [3.8, 4) is 11.5 Å². The van der Waals surface area contributed by atoms with Crippen molar-refractivity contribution in [3.05, 3.63) is 90.0 Å². The number of benzene rings is 3. The minimum Gasteiger partial charge on any atom is -0.455 e. The third kappa shape index (κ3) is 5.25. The summed E-state index contributed by atoms with van der Waals surface area (Å²) < 4.78 is 34.6. The highest BCUT2D eigenvalue weighted by atomic mass is 32.2. The molecule has 5 rings (SSSR count). The summed E-state index contributed by atoms with van der Waals surface area (Å²) >= 11 is 0. The zero-order chi connectivity index (χ0) is 25.0. The van der Waals surface area contributed by atoms with Crippen LogP contribution in [0.1, 0.15) is 43.7 Å². The van der Waals surface area contributed by atoms with Gasteiger partial charge in [-0.3, -0.25) is 0 Å². The lowest BCUT2D eigenvalue weighted by atomic mass is 10.0. The fourth-order valence-electron chi connectivity index (χ4n) is 4.74. The molecule has 0 aliphatic carbocycles. The predicted octanol–water partition coefficient (Wildman–Crippen LogP) is 7.22. The van der Waals surface area contributed by atoms with Crippen molar-refractivity contribution in [1.29, 1.82) is 0 Å². The van der Waals surface area contributed by atoms with Gasteiger partial charge in [-0.05, 0) is 67.1 Å². The minimum atomic E-state index is -3.54. The number of para-hydroxylation sites is 2. The molecule has 5 aromatic rings. The molecule has 0 saturated heterocycles. The van der Waals surface area contributed by atoms with Crippen molar-refractivity contribution in [2.45, 2.75) is 50.3 Å². The summed E-state index contributed by atoms with van der Waals surface area (Å²) in [6.45, 7) is 2.54. The van der Waals surface area contributed by atoms with E-state index in [1.807, 2.05) is 48.5 Å². The van der Waals surface area contributed by atoms with E-state index < -0.39 is 10.0 Å². The van der Waals surface area contributed by atoms with E-state index >= 15 is 0 Å². The molecule has 2 heterocycles. The van der Waals surface area contributed by atoms with Crippen molar-refractivity contribution < 1.29 is 12.8 Å². The Morgan fingerprint density at radius 2 is 1.64 bits per heavy atom. The lowest BCUT2D eigenvalue weighted by Gasteiger charge is -2.08. The number of H-pyrrole nitrogens is 1. The second kappa shape index (κ2) is 10.7. The van der Waals surface area contributed by atoms with Gasteiger partial charge in [-0.1, -0.05) is 68.3 Å². The number of hydrogen-bond acceptors (Lipinski definition) is 3. The van der Waals surface area contributed by atoms with Gasteiger partial charge >= 0.3 is 0 Å². The van der Waals surface area contributed by atoms with Gasteiger partial charge < -0.3 is 9.40 Å². The summed E-state index contributed by atoms with van der Waals surface area (Å²) in [5, 5.41) is 2.19. The molecular weight excluding hydrogens is 468 g/mol. The quantitative estimate of drug-likeness (QED) is 0.188. The van der Waals surface area contributed by atoms with E-state index in [1.165, 1.54) is 18.4 Å². The minimum absolute atomic E-state index is 0.316. The van der Waals surface area contributed by atoms with E-state index in [9.17, 15) is 8.42 Å². The van der Waals surface area contributed by atoms with E-state index in [0.717, 1.165) is 58.2 Å². The van der Waals surface area contributed by atoms with Gasteiger partial charge in [0.2, 0.25) is 10.0 Å². The molecule has 0 unspecified atom stereocenters. The topological polar surface area (TPSA) is 75.1 Å². The van der Waals surface area contributed by atoms with E-state index in [4.69, 9.17) is 4.42 Å². The van der Waals surface area contributed by atoms with Crippen LogP contribution >= 0.6 is 0 Å². The Bertz CT molecular complexity index is 1530. The van der Waals surface area contributed by atoms with E-state index in [1.54, 1.807) is 12.1 Å². The Hall–Kier alpha value is -3.35. The third-order valence-electron chi connectivity index (χ3n) is 6.68. The summed E-state index contributed by atoms with van der Waals surface area (Å²) in [5.74, 6) is 0.794. The summed E-state index contributed by atoms with van der Waals surface area (Å²) in [4.78, 5) is 3.83. The van der Waals surface area contributed by atoms with Crippen molar-refractivity contribution in [2.75, 3.05) is 6.54 Å². The summed E-state index contributed by atoms with van der Waals surface area (Å²) in [6.07, 6.45) is 5.87. The van der Waals surface area contributed by atoms with Gasteiger partial charge in [0.25, 0.3) is 0 Å². The fourth-order valence-corrected chi connectivity index (χ4v) is 5.82. The largest absolute Gasteiger partial charge is 0.455 e. The number of hydrogen-bond donors (Lipinski definition) is 2. The zero-order valence-electron chi connectivity index (χ0n) is 20.6. The highest BCUT2D eigenvalue weighted by Gasteiger charge is 2.17. The monoisotopic (exact) mass is 500 g/mol. The second-order valence-electron chi connectivity index (χ2n) is 9.27. The van der Waals surface area contributed by atoms with E-state index in [2.05, 4.69) is 34.8 Å². The van der Waals surface area contributed by atoms with Crippen LogP contribution in [0.2, 0.25) is 0 Å². The van der Waals surface area contributed by atoms with Crippen molar-refractivity contribution >= 4 is 31.9 Å². The molecule has 3 aromatic carbocycles. The first-order valence-electron chi connectivity index (χ1n) is 12.7. The smallest absolute Gasteiger partial charge is 0.240 e. The average molecular weight is 501 g/mol. The standard InChI is InChI=1S/C30H32N2O3S/c1-2-3-4-10-22-16-18-24(19-17-22)36(33,34)31-20-9-13-26-25-12-6-7-14-27(25)32-30(26)29-21-23-11-5-8-15-28(23)35-29/h5-8,11-12,14-19,21,31-32H,2-4,9-10,13,20H2,1H3. The van der Waals surface area contributed by atoms with Crippen molar-refractivity contribution in [1.82, 2.24) is 9.71 Å². The number of furan rings is 1. The third-order valence-corrected chi connectivity index (χ3v) is 8.16. The van der Waals surface area contributed by atoms with Crippen molar-refractivity contribution in [3.63, 3.8) is 0 Å². The van der Waals surface area contributed by atoms with Crippen molar-refractivity contribution in [2.24, 2.45) is 0 Å². The normalized spacial score (nSPS) is 12.0. The molecule has 6 heteroatoms. The molecule has 0 aliphatic heterocycles. The number of aromatic nitrogens is 1. The molecular formula is C30H32N2O3S. The SMILES string of the molecule is CCCCCc1ccc(S(=O)(=O)NCCCc2c(-c3cc4ccccc4o3)[nH]c3ccccc23)cc1. The number of aryl methyl sites for hydroxylation is 2. The summed E-state index contributed by atoms with van der Waals surface area (Å²) in [6, 6.07) is 25.5. The van der Waals surface area contributed by atoms with Crippen LogP contribution in [-0.4, -0.2) is 19.9 Å². The lowest BCUT2D eigenvalue weighted by Crippen LogP contribution is -2.25. The second-order valence-corrected chi connectivity index (χ2v) is 11.0. The van der Waals surface area contributed by atoms with E-state index in [0.29, 0.717) is 17.9 Å². The highest BCUT2D eigenvalue weighted by molar-refractivity contribution is 7.89. The van der Waals surface area contributed by atoms with Gasteiger partial charge in [0.1, 0.15) is 5.58 Å². The molecule has 0 atom stereocenters. The molecule has 0 saturated carbocycles. The maximum Gasteiger partial charge on any atom is 0.240 e. The molecule has 0 fully saturated rings. The fraction of sp³-hybridized carbons (Fsp3) is 0.267. The van der Waals surface area contributed by atoms with Crippen LogP contribution in [0.15, 0.2) is 88.2 Å². The lowest BCUT2D eigenvalue weighted by molar-refractivity contribution is 0.579. The van der Waals surface area contributed by atoms with Crippen LogP contribution in [0.3, 0.4) is 0 Å². The van der Waals surface area contributed by atoms with Crippen LogP contribution in [0.25, 0.3) is 33.3 Å². The number of unbranched alkanes of at least 4 members (excludes halogenated alkanes) is 2. The number of rotatable bonds is 11. The first kappa shape index (κ1) is 24.3. The van der Waals surface area contributed by atoms with Gasteiger partial charge in [0.05, 0.1) is 10.6 Å². The number of aromatic amines is 1. The molecule has 0 spiro atoms. The highest BCUT2D eigenvalue weighted by Crippen LogP contribution is 2.34. The molecule has 2 N–H and O–H groups in total. The van der Waals surface area contributed by atoms with Crippen LogP contribution in [0.4, 0.5) is 0 Å². The number of fused-ring (bicyclic) bond motifs is 2. The van der Waals surface area contributed by atoms with Crippen LogP contribution in [-0.2, 0) is 22.9 Å². The molecule has 36 heavy (non-hydrogen) atoms. The molecule has 0 radical (unpaired) electrons. The van der Waals surface area contributed by atoms with Crippen LogP contribution < -0.4 is 4.72 Å². The molecule has 186 valence electrons. The molecule has 5 nitrogen and oxygen atoms in total. The summed E-state index contributed by atoms with van der Waals surface area (Å²) in [7, 11) is -3.54.